The van der Waals surface area contributed by atoms with Crippen LogP contribution in [0.5, 0.6) is 0 Å². The Morgan fingerprint density at radius 1 is 1.41 bits per heavy atom. The van der Waals surface area contributed by atoms with Crippen molar-refractivity contribution in [2.75, 3.05) is 12.8 Å². The molecule has 1 heterocycles. The molecule has 0 spiro atoms. The number of allylic oxidation sites excluding steroid dienone is 2. The second-order valence-corrected chi connectivity index (χ2v) is 4.35. The lowest BCUT2D eigenvalue weighted by Gasteiger charge is -2.09. The molecule has 0 aliphatic heterocycles. The topological polar surface area (TPSA) is 88.8 Å². The first-order valence-corrected chi connectivity index (χ1v) is 6.27. The highest BCUT2D eigenvalue weighted by Gasteiger charge is 2.27. The molecule has 0 unspecified atom stereocenters. The molecule has 0 saturated carbocycles. The maximum Gasteiger partial charge on any atom is 0.205 e. The summed E-state index contributed by atoms with van der Waals surface area (Å²) in [5.74, 6) is 0.579. The third-order valence-electron chi connectivity index (χ3n) is 2.08. The molecular formula is C11H15N3O2S. The Labute approximate surface area is 104 Å². The van der Waals surface area contributed by atoms with Crippen molar-refractivity contribution in [1.29, 1.82) is 0 Å². The SMILES string of the molecule is CCCSC1=CC(=O)c2[nH]ncc2C1=O.CN. The van der Waals surface area contributed by atoms with Gasteiger partial charge in [-0.1, -0.05) is 6.92 Å². The molecule has 1 aliphatic rings. The molecule has 5 nitrogen and oxygen atoms in total. The van der Waals surface area contributed by atoms with Crippen LogP contribution in [0.2, 0.25) is 0 Å². The number of carbonyl (C=O) groups is 2. The van der Waals surface area contributed by atoms with Crippen LogP contribution in [0.4, 0.5) is 0 Å². The number of aromatic nitrogens is 2. The summed E-state index contributed by atoms with van der Waals surface area (Å²) >= 11 is 1.43. The third kappa shape index (κ3) is 2.83. The number of nitrogens with one attached hydrogen (secondary N) is 1. The van der Waals surface area contributed by atoms with Gasteiger partial charge in [-0.05, 0) is 19.2 Å². The van der Waals surface area contributed by atoms with Gasteiger partial charge in [0.1, 0.15) is 5.69 Å². The molecule has 0 aromatic carbocycles. The van der Waals surface area contributed by atoms with Crippen LogP contribution >= 0.6 is 11.8 Å². The minimum absolute atomic E-state index is 0.100. The van der Waals surface area contributed by atoms with Crippen LogP contribution in [0, 0.1) is 0 Å². The Bertz CT molecular complexity index is 451. The second-order valence-electron chi connectivity index (χ2n) is 3.21. The van der Waals surface area contributed by atoms with E-state index >= 15 is 0 Å². The number of H-pyrrole nitrogens is 1. The summed E-state index contributed by atoms with van der Waals surface area (Å²) in [6, 6.07) is 0. The monoisotopic (exact) mass is 253 g/mol. The van der Waals surface area contributed by atoms with E-state index in [9.17, 15) is 9.59 Å². The lowest BCUT2D eigenvalue weighted by atomic mass is 10.0. The molecule has 0 atom stereocenters. The van der Waals surface area contributed by atoms with Gasteiger partial charge in [-0.2, -0.15) is 5.10 Å². The number of thioether (sulfide) groups is 1. The Balaban J connectivity index is 0.000000686. The van der Waals surface area contributed by atoms with E-state index in [1.54, 1.807) is 0 Å². The number of carbonyl (C=O) groups excluding carboxylic acids is 2. The summed E-state index contributed by atoms with van der Waals surface area (Å²) in [4.78, 5) is 23.9. The molecule has 0 radical (unpaired) electrons. The van der Waals surface area contributed by atoms with Gasteiger partial charge in [0.2, 0.25) is 11.6 Å². The van der Waals surface area contributed by atoms with Crippen molar-refractivity contribution in [2.24, 2.45) is 5.73 Å². The number of rotatable bonds is 3. The molecule has 0 fully saturated rings. The zero-order chi connectivity index (χ0) is 12.8. The van der Waals surface area contributed by atoms with Crippen LogP contribution in [-0.4, -0.2) is 34.6 Å². The second kappa shape index (κ2) is 6.36. The average Bonchev–Trinajstić information content (AvgIpc) is 2.84. The molecule has 0 saturated heterocycles. The van der Waals surface area contributed by atoms with Gasteiger partial charge in [-0.3, -0.25) is 14.7 Å². The molecule has 1 aliphatic carbocycles. The number of hydrogen-bond acceptors (Lipinski definition) is 5. The molecule has 2 rings (SSSR count). The van der Waals surface area contributed by atoms with Gasteiger partial charge in [-0.15, -0.1) is 11.8 Å². The molecule has 3 N–H and O–H groups in total. The summed E-state index contributed by atoms with van der Waals surface area (Å²) in [5, 5.41) is 6.25. The largest absolute Gasteiger partial charge is 0.333 e. The van der Waals surface area contributed by atoms with Gasteiger partial charge in [0.05, 0.1) is 16.7 Å². The molecule has 1 aromatic heterocycles. The molecule has 1 aromatic rings. The van der Waals surface area contributed by atoms with Crippen molar-refractivity contribution in [3.8, 4) is 0 Å². The number of ketones is 2. The normalized spacial score (nSPS) is 13.7. The zero-order valence-corrected chi connectivity index (χ0v) is 10.6. The summed E-state index contributed by atoms with van der Waals surface area (Å²) in [6.07, 6.45) is 3.78. The van der Waals surface area contributed by atoms with Crippen LogP contribution in [0.25, 0.3) is 0 Å². The van der Waals surface area contributed by atoms with Gasteiger partial charge < -0.3 is 5.73 Å². The maximum absolute atomic E-state index is 11.8. The standard InChI is InChI=1S/C10H10N2O2S.CH5N/c1-2-3-15-8-4-7(13)9-6(10(8)14)5-11-12-9;1-2/h4-5H,2-3H2,1H3,(H,11,12);2H2,1H3. The predicted molar refractivity (Wildman–Crippen MR) is 68.2 cm³/mol. The lowest BCUT2D eigenvalue weighted by molar-refractivity contribution is 0.0989. The van der Waals surface area contributed by atoms with Crippen molar-refractivity contribution in [3.63, 3.8) is 0 Å². The first-order valence-electron chi connectivity index (χ1n) is 5.28. The number of aromatic amines is 1. The van der Waals surface area contributed by atoms with Gasteiger partial charge in [-0.25, -0.2) is 0 Å². The zero-order valence-electron chi connectivity index (χ0n) is 9.82. The van der Waals surface area contributed by atoms with Crippen molar-refractivity contribution < 1.29 is 9.59 Å². The fourth-order valence-electron chi connectivity index (χ4n) is 1.35. The van der Waals surface area contributed by atoms with E-state index in [1.165, 1.54) is 31.1 Å². The lowest BCUT2D eigenvalue weighted by Crippen LogP contribution is -2.14. The molecule has 17 heavy (non-hydrogen) atoms. The van der Waals surface area contributed by atoms with Crippen LogP contribution in [-0.2, 0) is 0 Å². The van der Waals surface area contributed by atoms with Crippen LogP contribution < -0.4 is 5.73 Å². The fourth-order valence-corrected chi connectivity index (χ4v) is 2.21. The van der Waals surface area contributed by atoms with Crippen molar-refractivity contribution in [3.05, 3.63) is 28.4 Å². The van der Waals surface area contributed by atoms with Gasteiger partial charge in [0, 0.05) is 6.08 Å². The number of nitrogens with zero attached hydrogens (tertiary/aromatic N) is 1. The van der Waals surface area contributed by atoms with Gasteiger partial charge in [0.15, 0.2) is 0 Å². The van der Waals surface area contributed by atoms with E-state index in [-0.39, 0.29) is 11.6 Å². The minimum atomic E-state index is -0.166. The first-order chi connectivity index (χ1) is 8.24. The summed E-state index contributed by atoms with van der Waals surface area (Å²) in [7, 11) is 1.50. The third-order valence-corrected chi connectivity index (χ3v) is 3.30. The van der Waals surface area contributed by atoms with Crippen molar-refractivity contribution in [2.45, 2.75) is 13.3 Å². The smallest absolute Gasteiger partial charge is 0.205 e. The Kier molecular flexibility index (Phi) is 5.11. The molecule has 6 heteroatoms. The van der Waals surface area contributed by atoms with Gasteiger partial charge in [0.25, 0.3) is 0 Å². The van der Waals surface area contributed by atoms with E-state index in [1.807, 2.05) is 6.92 Å². The number of hydrogen-bond donors (Lipinski definition) is 2. The van der Waals surface area contributed by atoms with E-state index in [0.717, 1.165) is 12.2 Å². The molecular weight excluding hydrogens is 238 g/mol. The molecule has 0 amide bonds. The van der Waals surface area contributed by atoms with E-state index in [0.29, 0.717) is 16.2 Å². The first kappa shape index (κ1) is 13.7. The minimum Gasteiger partial charge on any atom is -0.333 e. The van der Waals surface area contributed by atoms with E-state index in [4.69, 9.17) is 0 Å². The Hall–Kier alpha value is -1.40. The van der Waals surface area contributed by atoms with Crippen molar-refractivity contribution >= 4 is 23.3 Å². The highest BCUT2D eigenvalue weighted by Crippen LogP contribution is 2.27. The summed E-state index contributed by atoms with van der Waals surface area (Å²) < 4.78 is 0. The number of nitrogens with two attached hydrogens (primary N) is 1. The maximum atomic E-state index is 11.8. The molecule has 0 bridgehead atoms. The Morgan fingerprint density at radius 3 is 2.76 bits per heavy atom. The fraction of sp³-hybridized carbons (Fsp3) is 0.364. The van der Waals surface area contributed by atoms with Crippen molar-refractivity contribution in [1.82, 2.24) is 10.2 Å². The predicted octanol–water partition coefficient (Wildman–Crippen LogP) is 1.39. The quantitative estimate of drug-likeness (QED) is 0.849. The van der Waals surface area contributed by atoms with E-state index < -0.39 is 0 Å². The highest BCUT2D eigenvalue weighted by atomic mass is 32.2. The highest BCUT2D eigenvalue weighted by molar-refractivity contribution is 8.04. The number of fused-ring (bicyclic) bond motifs is 1. The number of Topliss-reactive ketones (excluding diaryl/α,β-unsaturated/α-hetero) is 1. The van der Waals surface area contributed by atoms with Crippen LogP contribution in [0.1, 0.15) is 34.2 Å². The van der Waals surface area contributed by atoms with E-state index in [2.05, 4.69) is 15.9 Å². The average molecular weight is 253 g/mol. The van der Waals surface area contributed by atoms with Crippen LogP contribution in [0.15, 0.2) is 17.2 Å². The Morgan fingerprint density at radius 2 is 2.12 bits per heavy atom. The summed E-state index contributed by atoms with van der Waals surface area (Å²) in [6.45, 7) is 2.03. The summed E-state index contributed by atoms with van der Waals surface area (Å²) in [5.41, 5.74) is 5.20. The van der Waals surface area contributed by atoms with Crippen LogP contribution in [0.3, 0.4) is 0 Å². The molecule has 92 valence electrons. The van der Waals surface area contributed by atoms with Gasteiger partial charge >= 0.3 is 0 Å².